The molecule has 0 aromatic heterocycles. The van der Waals surface area contributed by atoms with Crippen molar-refractivity contribution >= 4 is 18.3 Å². The molecule has 3 amide bonds. The van der Waals surface area contributed by atoms with Gasteiger partial charge in [-0.1, -0.05) is 0 Å². The fourth-order valence-corrected chi connectivity index (χ4v) is 0. The van der Waals surface area contributed by atoms with Crippen LogP contribution in [-0.2, 0) is 19.5 Å². The minimum atomic E-state index is -1.58. The summed E-state index contributed by atoms with van der Waals surface area (Å²) in [5.74, 6) is 0. The van der Waals surface area contributed by atoms with Crippen molar-refractivity contribution in [3.63, 3.8) is 0 Å². The molecule has 0 unspecified atom stereocenters. The summed E-state index contributed by atoms with van der Waals surface area (Å²) in [7, 11) is 0. The molecule has 13 heavy (non-hydrogen) atoms. The third-order valence-corrected chi connectivity index (χ3v) is 0. The van der Waals surface area contributed by atoms with Gasteiger partial charge in [-0.25, -0.2) is 0 Å². The van der Waals surface area contributed by atoms with Gasteiger partial charge in [0, 0.05) is 0 Å². The van der Waals surface area contributed by atoms with Crippen LogP contribution in [0.4, 0.5) is 14.4 Å². The molecule has 0 aliphatic rings. The largest absolute Gasteiger partial charge is 3.00 e. The predicted molar refractivity (Wildman–Crippen MR) is 28.8 cm³/mol. The van der Waals surface area contributed by atoms with E-state index in [4.69, 9.17) is 29.7 Å². The molecule has 0 aliphatic heterocycles. The Balaban J connectivity index is -0.0000000450. The molecular formula is C3H6N3O6Ru. The second-order valence-electron chi connectivity index (χ2n) is 0.957. The van der Waals surface area contributed by atoms with Gasteiger partial charge in [-0.2, -0.15) is 0 Å². The number of carbonyl (C=O) groups is 3. The third-order valence-electron chi connectivity index (χ3n) is 0. The van der Waals surface area contributed by atoms with E-state index < -0.39 is 18.3 Å². The van der Waals surface area contributed by atoms with Crippen molar-refractivity contribution in [3.8, 4) is 0 Å². The van der Waals surface area contributed by atoms with E-state index in [2.05, 4.69) is 17.2 Å². The van der Waals surface area contributed by atoms with Crippen LogP contribution in [0.5, 0.6) is 0 Å². The van der Waals surface area contributed by atoms with Gasteiger partial charge >= 0.3 is 19.5 Å². The predicted octanol–water partition coefficient (Wildman–Crippen LogP) is -5.14. The number of primary amides is 3. The molecular weight excluding hydrogens is 275 g/mol. The summed E-state index contributed by atoms with van der Waals surface area (Å²) >= 11 is 0. The molecule has 77 valence electrons. The zero-order chi connectivity index (χ0) is 10.7. The van der Waals surface area contributed by atoms with Gasteiger partial charge in [0.2, 0.25) is 0 Å². The van der Waals surface area contributed by atoms with Crippen LogP contribution in [0, 0.1) is 0 Å². The average Bonchev–Trinajstić information content (AvgIpc) is 1.54. The molecule has 0 aromatic rings. The normalized spacial score (nSPS) is 5.54. The average molecular weight is 281 g/mol. The summed E-state index contributed by atoms with van der Waals surface area (Å²) < 4.78 is 0. The first-order valence-electron chi connectivity index (χ1n) is 2.09. The smallest absolute Gasteiger partial charge is 0.530 e. The first-order valence-corrected chi connectivity index (χ1v) is 2.09. The molecule has 6 N–H and O–H groups in total. The van der Waals surface area contributed by atoms with E-state index in [1.807, 2.05) is 0 Å². The SMILES string of the molecule is NC(=O)[O-].NC(=O)[O-].NC(=O)[O-].[Ru+3]. The Kier molecular flexibility index (Phi) is 29.1. The van der Waals surface area contributed by atoms with E-state index in [0.717, 1.165) is 0 Å². The maximum absolute atomic E-state index is 8.67. The molecule has 0 rings (SSSR count). The second-order valence-corrected chi connectivity index (χ2v) is 0.957. The zero-order valence-corrected chi connectivity index (χ0v) is 7.77. The minimum Gasteiger partial charge on any atom is -0.530 e. The summed E-state index contributed by atoms with van der Waals surface area (Å²) in [5.41, 5.74) is 11.8. The Bertz CT molecular complexity index is 121. The van der Waals surface area contributed by atoms with Crippen molar-refractivity contribution in [1.29, 1.82) is 0 Å². The van der Waals surface area contributed by atoms with Gasteiger partial charge in [-0.15, -0.1) is 0 Å². The third kappa shape index (κ3) is 302. The van der Waals surface area contributed by atoms with Crippen LogP contribution in [0.25, 0.3) is 0 Å². The number of hydrogen-bond donors (Lipinski definition) is 3. The second kappa shape index (κ2) is 16.8. The number of amides is 3. The topological polar surface area (TPSA) is 198 Å². The standard InChI is InChI=1S/3CH3NO2.Ru/c3*2-1(3)4;/h3*2H2,(H,3,4);/q;;;+3/p-3. The van der Waals surface area contributed by atoms with E-state index in [1.54, 1.807) is 0 Å². The van der Waals surface area contributed by atoms with E-state index >= 15 is 0 Å². The van der Waals surface area contributed by atoms with Gasteiger partial charge in [0.15, 0.2) is 0 Å². The Labute approximate surface area is 85.3 Å². The van der Waals surface area contributed by atoms with Crippen LogP contribution < -0.4 is 32.5 Å². The van der Waals surface area contributed by atoms with Gasteiger partial charge in [0.05, 0.1) is 0 Å². The van der Waals surface area contributed by atoms with Crippen molar-refractivity contribution in [2.24, 2.45) is 17.2 Å². The summed E-state index contributed by atoms with van der Waals surface area (Å²) in [5, 5.41) is 26.0. The Hall–Kier alpha value is -1.57. The summed E-state index contributed by atoms with van der Waals surface area (Å²) in [4.78, 5) is 26.0. The Morgan fingerprint density at radius 1 is 0.692 bits per heavy atom. The first kappa shape index (κ1) is 22.5. The van der Waals surface area contributed by atoms with E-state index in [-0.39, 0.29) is 19.5 Å². The van der Waals surface area contributed by atoms with Gasteiger partial charge in [-0.05, 0) is 0 Å². The molecule has 0 aromatic carbocycles. The van der Waals surface area contributed by atoms with Gasteiger partial charge < -0.3 is 46.9 Å². The van der Waals surface area contributed by atoms with Gasteiger partial charge in [-0.3, -0.25) is 0 Å². The summed E-state index contributed by atoms with van der Waals surface area (Å²) in [6.07, 6.45) is -4.75. The number of hydrogen-bond acceptors (Lipinski definition) is 6. The van der Waals surface area contributed by atoms with Crippen LogP contribution >= 0.6 is 0 Å². The van der Waals surface area contributed by atoms with Crippen LogP contribution in [0.1, 0.15) is 0 Å². The van der Waals surface area contributed by atoms with E-state index in [1.165, 1.54) is 0 Å². The van der Waals surface area contributed by atoms with Gasteiger partial charge in [0.25, 0.3) is 0 Å². The molecule has 0 saturated carbocycles. The molecule has 0 aliphatic carbocycles. The molecule has 9 nitrogen and oxygen atoms in total. The van der Waals surface area contributed by atoms with Crippen LogP contribution in [0.15, 0.2) is 0 Å². The fraction of sp³-hybridized carbons (Fsp3) is 0. The summed E-state index contributed by atoms with van der Waals surface area (Å²) in [6.45, 7) is 0. The molecule has 10 heteroatoms. The van der Waals surface area contributed by atoms with Crippen molar-refractivity contribution in [2.75, 3.05) is 0 Å². The molecule has 1 radical (unpaired) electrons. The van der Waals surface area contributed by atoms with Crippen molar-refractivity contribution in [1.82, 2.24) is 0 Å². The first-order chi connectivity index (χ1) is 5.20. The Morgan fingerprint density at radius 2 is 0.692 bits per heavy atom. The number of carboxylic acid groups (broad SMARTS) is 3. The maximum atomic E-state index is 8.67. The monoisotopic (exact) mass is 282 g/mol. The van der Waals surface area contributed by atoms with Crippen molar-refractivity contribution in [3.05, 3.63) is 0 Å². The van der Waals surface area contributed by atoms with E-state index in [0.29, 0.717) is 0 Å². The minimum absolute atomic E-state index is 0. The van der Waals surface area contributed by atoms with E-state index in [9.17, 15) is 0 Å². The number of nitrogens with two attached hydrogens (primary N) is 3. The molecule has 0 fully saturated rings. The number of carbonyl (C=O) groups excluding carboxylic acids is 3. The van der Waals surface area contributed by atoms with Gasteiger partial charge in [0.1, 0.15) is 18.3 Å². The van der Waals surface area contributed by atoms with Crippen LogP contribution in [0.2, 0.25) is 0 Å². The Morgan fingerprint density at radius 3 is 0.692 bits per heavy atom. The zero-order valence-electron chi connectivity index (χ0n) is 6.04. The fourth-order valence-electron chi connectivity index (χ4n) is 0. The molecule has 0 heterocycles. The quantitative estimate of drug-likeness (QED) is 0.370. The molecule has 0 bridgehead atoms. The van der Waals surface area contributed by atoms with Crippen LogP contribution in [0.3, 0.4) is 0 Å². The molecule has 0 atom stereocenters. The van der Waals surface area contributed by atoms with Crippen molar-refractivity contribution in [2.45, 2.75) is 0 Å². The molecule has 0 spiro atoms. The number of rotatable bonds is 0. The summed E-state index contributed by atoms with van der Waals surface area (Å²) in [6, 6.07) is 0. The molecule has 0 saturated heterocycles. The van der Waals surface area contributed by atoms with Crippen molar-refractivity contribution < 1.29 is 49.2 Å². The maximum Gasteiger partial charge on any atom is 3.00 e. The van der Waals surface area contributed by atoms with Crippen LogP contribution in [-0.4, -0.2) is 18.3 Å².